The maximum Gasteiger partial charge on any atom is 0.158 e. The van der Waals surface area contributed by atoms with E-state index in [1.165, 1.54) is 11.1 Å². The Morgan fingerprint density at radius 3 is 2.84 bits per heavy atom. The highest BCUT2D eigenvalue weighted by atomic mass is 35.5. The fourth-order valence-corrected chi connectivity index (χ4v) is 3.55. The number of nitrogens with zero attached hydrogens (tertiary/aromatic N) is 5. The van der Waals surface area contributed by atoms with Crippen LogP contribution in [0, 0.1) is 6.92 Å². The molecule has 0 fully saturated rings. The fraction of sp³-hybridized carbons (Fsp3) is 0.167. The second-order valence-electron chi connectivity index (χ2n) is 6.31. The zero-order valence-electron chi connectivity index (χ0n) is 13.6. The summed E-state index contributed by atoms with van der Waals surface area (Å²) < 4.78 is 1.86. The van der Waals surface area contributed by atoms with E-state index in [2.05, 4.69) is 32.3 Å². The molecule has 124 valence electrons. The fourth-order valence-electron chi connectivity index (χ4n) is 3.36. The number of hydrogen-bond acceptors (Lipinski definition) is 4. The van der Waals surface area contributed by atoms with Gasteiger partial charge in [0.05, 0.1) is 17.6 Å². The molecule has 0 bridgehead atoms. The van der Waals surface area contributed by atoms with E-state index in [4.69, 9.17) is 16.6 Å². The van der Waals surface area contributed by atoms with Crippen molar-refractivity contribution in [1.82, 2.24) is 24.8 Å². The minimum atomic E-state index is 0.773. The van der Waals surface area contributed by atoms with Gasteiger partial charge in [-0.1, -0.05) is 17.7 Å². The number of anilines is 1. The molecule has 4 aromatic rings. The molecule has 0 atom stereocenters. The lowest BCUT2D eigenvalue weighted by Crippen LogP contribution is -2.17. The van der Waals surface area contributed by atoms with Crippen LogP contribution >= 0.6 is 11.6 Å². The summed E-state index contributed by atoms with van der Waals surface area (Å²) in [5, 5.41) is 12.3. The van der Waals surface area contributed by atoms with Gasteiger partial charge >= 0.3 is 0 Å². The molecule has 0 spiro atoms. The zero-order chi connectivity index (χ0) is 17.0. The number of aromatic nitrogens is 5. The van der Waals surface area contributed by atoms with Crippen LogP contribution in [-0.4, -0.2) is 24.8 Å². The first-order valence-electron chi connectivity index (χ1n) is 8.06. The summed E-state index contributed by atoms with van der Waals surface area (Å²) in [5.41, 5.74) is 6.27. The van der Waals surface area contributed by atoms with Crippen LogP contribution < -0.4 is 4.90 Å². The Morgan fingerprint density at radius 2 is 2.00 bits per heavy atom. The van der Waals surface area contributed by atoms with E-state index in [9.17, 15) is 0 Å². The Hall–Kier alpha value is -2.86. The molecule has 7 heteroatoms. The van der Waals surface area contributed by atoms with Crippen molar-refractivity contribution in [1.29, 1.82) is 0 Å². The van der Waals surface area contributed by atoms with Crippen LogP contribution in [0.3, 0.4) is 0 Å². The third-order valence-corrected chi connectivity index (χ3v) is 4.78. The predicted molar refractivity (Wildman–Crippen MR) is 96.6 cm³/mol. The molecule has 1 N–H and O–H groups in total. The molecule has 3 aromatic heterocycles. The van der Waals surface area contributed by atoms with E-state index in [0.717, 1.165) is 46.5 Å². The quantitative estimate of drug-likeness (QED) is 0.600. The number of aryl methyl sites for hydroxylation is 1. The van der Waals surface area contributed by atoms with E-state index < -0.39 is 0 Å². The summed E-state index contributed by atoms with van der Waals surface area (Å²) in [6, 6.07) is 10.1. The number of nitrogens with one attached hydrogen (secondary N) is 1. The molecule has 6 nitrogen and oxygen atoms in total. The molecular formula is C18H15ClN6. The average Bonchev–Trinajstić information content (AvgIpc) is 3.31. The summed E-state index contributed by atoms with van der Waals surface area (Å²) in [6.45, 7) is 3.60. The van der Waals surface area contributed by atoms with Crippen molar-refractivity contribution in [2.75, 3.05) is 4.90 Å². The van der Waals surface area contributed by atoms with Gasteiger partial charge in [-0.05, 0) is 30.2 Å². The minimum Gasteiger partial charge on any atom is -0.348 e. The van der Waals surface area contributed by atoms with E-state index in [1.807, 2.05) is 35.8 Å². The first kappa shape index (κ1) is 14.5. The van der Waals surface area contributed by atoms with E-state index in [-0.39, 0.29) is 0 Å². The first-order valence-corrected chi connectivity index (χ1v) is 8.44. The van der Waals surface area contributed by atoms with E-state index >= 15 is 0 Å². The predicted octanol–water partition coefficient (Wildman–Crippen LogP) is 3.60. The molecule has 5 rings (SSSR count). The second-order valence-corrected chi connectivity index (χ2v) is 6.75. The van der Waals surface area contributed by atoms with Gasteiger partial charge < -0.3 is 4.90 Å². The zero-order valence-corrected chi connectivity index (χ0v) is 14.3. The number of rotatable bonds is 2. The lowest BCUT2D eigenvalue weighted by atomic mass is 10.1. The number of H-pyrrole nitrogens is 1. The van der Waals surface area contributed by atoms with Crippen LogP contribution in [0.4, 0.5) is 5.82 Å². The van der Waals surface area contributed by atoms with Gasteiger partial charge in [0.2, 0.25) is 0 Å². The topological polar surface area (TPSA) is 62.1 Å². The number of hydrogen-bond donors (Lipinski definition) is 1. The van der Waals surface area contributed by atoms with Crippen molar-refractivity contribution in [2.45, 2.75) is 20.0 Å². The highest BCUT2D eigenvalue weighted by molar-refractivity contribution is 6.30. The summed E-state index contributed by atoms with van der Waals surface area (Å²) >= 11 is 6.13. The lowest BCUT2D eigenvalue weighted by molar-refractivity contribution is 0.845. The van der Waals surface area contributed by atoms with Gasteiger partial charge in [0.1, 0.15) is 5.82 Å². The maximum absolute atomic E-state index is 6.13. The Bertz CT molecular complexity index is 1080. The van der Waals surface area contributed by atoms with Crippen LogP contribution in [0.5, 0.6) is 0 Å². The molecule has 0 unspecified atom stereocenters. The van der Waals surface area contributed by atoms with Gasteiger partial charge in [-0.15, -0.1) is 0 Å². The minimum absolute atomic E-state index is 0.773. The monoisotopic (exact) mass is 350 g/mol. The Morgan fingerprint density at radius 1 is 1.12 bits per heavy atom. The van der Waals surface area contributed by atoms with Crippen molar-refractivity contribution in [3.63, 3.8) is 0 Å². The molecule has 0 amide bonds. The van der Waals surface area contributed by atoms with Gasteiger partial charge in [0.25, 0.3) is 0 Å². The van der Waals surface area contributed by atoms with Gasteiger partial charge in [0, 0.05) is 42.0 Å². The Balaban J connectivity index is 1.63. The van der Waals surface area contributed by atoms with Crippen LogP contribution in [0.25, 0.3) is 16.9 Å². The van der Waals surface area contributed by atoms with E-state index in [0.29, 0.717) is 0 Å². The molecule has 25 heavy (non-hydrogen) atoms. The van der Waals surface area contributed by atoms with Crippen molar-refractivity contribution in [2.24, 2.45) is 0 Å². The standard InChI is InChI=1S/C18H15ClN6/c1-11-4-18-22-17(6-16(25(18)23-11)14-7-20-21-8-14)24-9-12-2-3-15(19)5-13(12)10-24/h2-8H,9-10H2,1H3,(H,20,21). The van der Waals surface area contributed by atoms with Crippen LogP contribution in [-0.2, 0) is 13.1 Å². The Labute approximate surface area is 149 Å². The number of aromatic amines is 1. The van der Waals surface area contributed by atoms with Crippen LogP contribution in [0.1, 0.15) is 16.8 Å². The largest absolute Gasteiger partial charge is 0.348 e. The smallest absolute Gasteiger partial charge is 0.158 e. The van der Waals surface area contributed by atoms with E-state index in [1.54, 1.807) is 6.20 Å². The van der Waals surface area contributed by atoms with Gasteiger partial charge in [-0.3, -0.25) is 5.10 Å². The number of halogens is 1. The molecule has 0 radical (unpaired) electrons. The summed E-state index contributed by atoms with van der Waals surface area (Å²) in [5.74, 6) is 0.927. The van der Waals surface area contributed by atoms with Gasteiger partial charge in [-0.2, -0.15) is 10.2 Å². The molecular weight excluding hydrogens is 336 g/mol. The highest BCUT2D eigenvalue weighted by Crippen LogP contribution is 2.31. The van der Waals surface area contributed by atoms with Crippen molar-refractivity contribution < 1.29 is 0 Å². The molecule has 4 heterocycles. The average molecular weight is 351 g/mol. The van der Waals surface area contributed by atoms with Gasteiger partial charge in [-0.25, -0.2) is 9.50 Å². The Kier molecular flexibility index (Phi) is 3.08. The van der Waals surface area contributed by atoms with Crippen LogP contribution in [0.2, 0.25) is 5.02 Å². The molecule has 0 saturated heterocycles. The summed E-state index contributed by atoms with van der Waals surface area (Å²) in [6.07, 6.45) is 3.67. The molecule has 1 aliphatic rings. The normalized spacial score (nSPS) is 13.6. The third-order valence-electron chi connectivity index (χ3n) is 4.54. The maximum atomic E-state index is 6.13. The summed E-state index contributed by atoms with van der Waals surface area (Å²) in [4.78, 5) is 7.07. The van der Waals surface area contributed by atoms with Crippen molar-refractivity contribution in [3.8, 4) is 11.3 Å². The first-order chi connectivity index (χ1) is 12.2. The molecule has 0 saturated carbocycles. The van der Waals surface area contributed by atoms with Gasteiger partial charge in [0.15, 0.2) is 5.65 Å². The molecule has 0 aliphatic carbocycles. The lowest BCUT2D eigenvalue weighted by Gasteiger charge is -2.17. The highest BCUT2D eigenvalue weighted by Gasteiger charge is 2.22. The number of fused-ring (bicyclic) bond motifs is 2. The van der Waals surface area contributed by atoms with Crippen molar-refractivity contribution in [3.05, 3.63) is 64.6 Å². The number of benzene rings is 1. The summed E-state index contributed by atoms with van der Waals surface area (Å²) in [7, 11) is 0. The van der Waals surface area contributed by atoms with Crippen molar-refractivity contribution >= 4 is 23.1 Å². The molecule has 1 aliphatic heterocycles. The second kappa shape index (κ2) is 5.32. The molecule has 1 aromatic carbocycles. The third kappa shape index (κ3) is 2.37. The SMILES string of the molecule is Cc1cc2nc(N3Cc4ccc(Cl)cc4C3)cc(-c3cn[nH]c3)n2n1. The van der Waals surface area contributed by atoms with Crippen LogP contribution in [0.15, 0.2) is 42.7 Å².